The average Bonchev–Trinajstić information content (AvgIpc) is 2.12. The topological polar surface area (TPSA) is 76.2 Å². The first-order chi connectivity index (χ1) is 6.68. The summed E-state index contributed by atoms with van der Waals surface area (Å²) in [7, 11) is 0. The number of nitrogens with zero attached hydrogens (tertiary/aromatic N) is 1. The monoisotopic (exact) mass is 194 g/mol. The Morgan fingerprint density at radius 2 is 2.21 bits per heavy atom. The minimum atomic E-state index is -0.740. The molecule has 1 heterocycles. The molecule has 0 aliphatic rings. The van der Waals surface area contributed by atoms with Gasteiger partial charge in [0.2, 0.25) is 0 Å². The molecule has 0 saturated carbocycles. The molecule has 0 unspecified atom stereocenters. The lowest BCUT2D eigenvalue weighted by Gasteiger charge is -2.00. The van der Waals surface area contributed by atoms with Crippen molar-refractivity contribution in [3.05, 3.63) is 24.0 Å². The van der Waals surface area contributed by atoms with Gasteiger partial charge in [-0.05, 0) is 30.9 Å². The Morgan fingerprint density at radius 1 is 1.43 bits per heavy atom. The van der Waals surface area contributed by atoms with Crippen LogP contribution in [0, 0.1) is 0 Å². The second kappa shape index (κ2) is 5.21. The quantitative estimate of drug-likeness (QED) is 0.696. The standard InChI is InChI=1S/C10H14N2O2/c11-9-5-8(6-12-7-9)3-1-2-4-10(13)14/h5-7H,1-4,11H2,(H,13,14). The molecule has 0 fully saturated rings. The van der Waals surface area contributed by atoms with Crippen LogP contribution in [0.4, 0.5) is 5.69 Å². The normalized spacial score (nSPS) is 10.0. The molecule has 1 aromatic rings. The maximum absolute atomic E-state index is 10.2. The third-order valence-electron chi connectivity index (χ3n) is 1.92. The van der Waals surface area contributed by atoms with Gasteiger partial charge < -0.3 is 10.8 Å². The van der Waals surface area contributed by atoms with Crippen LogP contribution >= 0.6 is 0 Å². The van der Waals surface area contributed by atoms with Gasteiger partial charge in [0.1, 0.15) is 0 Å². The minimum Gasteiger partial charge on any atom is -0.481 e. The van der Waals surface area contributed by atoms with Gasteiger partial charge in [-0.3, -0.25) is 9.78 Å². The van der Waals surface area contributed by atoms with E-state index in [4.69, 9.17) is 10.8 Å². The summed E-state index contributed by atoms with van der Waals surface area (Å²) in [6.07, 6.45) is 5.99. The van der Waals surface area contributed by atoms with E-state index >= 15 is 0 Å². The zero-order valence-corrected chi connectivity index (χ0v) is 7.94. The molecule has 3 N–H and O–H groups in total. The number of aliphatic carboxylic acids is 1. The van der Waals surface area contributed by atoms with E-state index in [1.165, 1.54) is 0 Å². The van der Waals surface area contributed by atoms with Gasteiger partial charge in [0.05, 0.1) is 5.69 Å². The Hall–Kier alpha value is -1.58. The van der Waals surface area contributed by atoms with E-state index in [0.717, 1.165) is 18.4 Å². The molecule has 0 bridgehead atoms. The number of pyridine rings is 1. The number of nitrogen functional groups attached to an aromatic ring is 1. The fourth-order valence-corrected chi connectivity index (χ4v) is 1.25. The fraction of sp³-hybridized carbons (Fsp3) is 0.400. The molecule has 0 spiro atoms. The van der Waals surface area contributed by atoms with Crippen molar-refractivity contribution < 1.29 is 9.90 Å². The summed E-state index contributed by atoms with van der Waals surface area (Å²) in [6.45, 7) is 0. The number of carbonyl (C=O) groups is 1. The van der Waals surface area contributed by atoms with Crippen molar-refractivity contribution in [3.63, 3.8) is 0 Å². The molecule has 0 saturated heterocycles. The number of rotatable bonds is 5. The van der Waals surface area contributed by atoms with E-state index in [0.29, 0.717) is 12.1 Å². The number of carboxylic acids is 1. The van der Waals surface area contributed by atoms with Gasteiger partial charge in [-0.1, -0.05) is 0 Å². The molecule has 0 amide bonds. The lowest BCUT2D eigenvalue weighted by Crippen LogP contribution is -1.96. The smallest absolute Gasteiger partial charge is 0.303 e. The Morgan fingerprint density at radius 3 is 2.86 bits per heavy atom. The molecule has 0 atom stereocenters. The van der Waals surface area contributed by atoms with Crippen molar-refractivity contribution >= 4 is 11.7 Å². The van der Waals surface area contributed by atoms with Crippen LogP contribution < -0.4 is 5.73 Å². The van der Waals surface area contributed by atoms with Crippen molar-refractivity contribution in [2.45, 2.75) is 25.7 Å². The largest absolute Gasteiger partial charge is 0.481 e. The average molecular weight is 194 g/mol. The van der Waals surface area contributed by atoms with Crippen molar-refractivity contribution in [1.82, 2.24) is 4.98 Å². The maximum atomic E-state index is 10.2. The van der Waals surface area contributed by atoms with Crippen LogP contribution in [-0.2, 0) is 11.2 Å². The lowest BCUT2D eigenvalue weighted by molar-refractivity contribution is -0.137. The number of carboxylic acid groups (broad SMARTS) is 1. The molecule has 0 aromatic carbocycles. The van der Waals surface area contributed by atoms with Gasteiger partial charge in [0.15, 0.2) is 0 Å². The highest BCUT2D eigenvalue weighted by molar-refractivity contribution is 5.66. The summed E-state index contributed by atoms with van der Waals surface area (Å²) < 4.78 is 0. The molecule has 1 aromatic heterocycles. The number of aromatic nitrogens is 1. The van der Waals surface area contributed by atoms with Crippen LogP contribution in [0.3, 0.4) is 0 Å². The van der Waals surface area contributed by atoms with Gasteiger partial charge in [-0.25, -0.2) is 0 Å². The third-order valence-corrected chi connectivity index (χ3v) is 1.92. The summed E-state index contributed by atoms with van der Waals surface area (Å²) in [5, 5.41) is 8.42. The van der Waals surface area contributed by atoms with Gasteiger partial charge in [-0.2, -0.15) is 0 Å². The van der Waals surface area contributed by atoms with Gasteiger partial charge in [0.25, 0.3) is 0 Å². The Labute approximate surface area is 82.8 Å². The second-order valence-corrected chi connectivity index (χ2v) is 3.23. The van der Waals surface area contributed by atoms with E-state index in [1.54, 1.807) is 12.4 Å². The first-order valence-corrected chi connectivity index (χ1v) is 4.59. The van der Waals surface area contributed by atoms with Crippen LogP contribution in [0.2, 0.25) is 0 Å². The first kappa shape index (κ1) is 10.5. The van der Waals surface area contributed by atoms with Crippen molar-refractivity contribution in [1.29, 1.82) is 0 Å². The fourth-order valence-electron chi connectivity index (χ4n) is 1.25. The summed E-state index contributed by atoms with van der Waals surface area (Å²) >= 11 is 0. The van der Waals surface area contributed by atoms with Gasteiger partial charge in [-0.15, -0.1) is 0 Å². The highest BCUT2D eigenvalue weighted by Crippen LogP contribution is 2.08. The van der Waals surface area contributed by atoms with E-state index < -0.39 is 5.97 Å². The molecular formula is C10H14N2O2. The van der Waals surface area contributed by atoms with Gasteiger partial charge in [0, 0.05) is 18.8 Å². The molecule has 14 heavy (non-hydrogen) atoms. The molecule has 4 nitrogen and oxygen atoms in total. The number of hydrogen-bond acceptors (Lipinski definition) is 3. The maximum Gasteiger partial charge on any atom is 0.303 e. The SMILES string of the molecule is Nc1cncc(CCCCC(=O)O)c1. The summed E-state index contributed by atoms with van der Waals surface area (Å²) in [5.41, 5.74) is 7.27. The molecule has 0 aliphatic carbocycles. The lowest BCUT2D eigenvalue weighted by atomic mass is 10.1. The van der Waals surface area contributed by atoms with Crippen molar-refractivity contribution in [3.8, 4) is 0 Å². The Kier molecular flexibility index (Phi) is 3.91. The Balaban J connectivity index is 2.28. The zero-order valence-electron chi connectivity index (χ0n) is 7.94. The predicted octanol–water partition coefficient (Wildman–Crippen LogP) is 1.46. The molecule has 0 radical (unpaired) electrons. The van der Waals surface area contributed by atoms with Crippen molar-refractivity contribution in [2.24, 2.45) is 0 Å². The number of anilines is 1. The number of aryl methyl sites for hydroxylation is 1. The third kappa shape index (κ3) is 3.89. The molecule has 4 heteroatoms. The van der Waals surface area contributed by atoms with Crippen LogP contribution in [0.15, 0.2) is 18.5 Å². The van der Waals surface area contributed by atoms with E-state index in [1.807, 2.05) is 6.07 Å². The molecule has 76 valence electrons. The second-order valence-electron chi connectivity index (χ2n) is 3.23. The summed E-state index contributed by atoms with van der Waals surface area (Å²) in [6, 6.07) is 1.87. The van der Waals surface area contributed by atoms with E-state index in [2.05, 4.69) is 4.98 Å². The number of hydrogen-bond donors (Lipinski definition) is 2. The first-order valence-electron chi connectivity index (χ1n) is 4.59. The highest BCUT2D eigenvalue weighted by atomic mass is 16.4. The van der Waals surface area contributed by atoms with Crippen LogP contribution in [0.5, 0.6) is 0 Å². The number of nitrogens with two attached hydrogens (primary N) is 1. The summed E-state index contributed by atoms with van der Waals surface area (Å²) in [5.74, 6) is -0.740. The van der Waals surface area contributed by atoms with Crippen LogP contribution in [0.1, 0.15) is 24.8 Å². The molecular weight excluding hydrogens is 180 g/mol. The Bertz CT molecular complexity index is 313. The molecule has 1 rings (SSSR count). The number of unbranched alkanes of at least 4 members (excludes halogenated alkanes) is 1. The zero-order chi connectivity index (χ0) is 10.4. The van der Waals surface area contributed by atoms with Gasteiger partial charge >= 0.3 is 5.97 Å². The van der Waals surface area contributed by atoms with Crippen LogP contribution in [-0.4, -0.2) is 16.1 Å². The van der Waals surface area contributed by atoms with Crippen LogP contribution in [0.25, 0.3) is 0 Å². The summed E-state index contributed by atoms with van der Waals surface area (Å²) in [4.78, 5) is 14.2. The molecule has 0 aliphatic heterocycles. The predicted molar refractivity (Wildman–Crippen MR) is 53.8 cm³/mol. The van der Waals surface area contributed by atoms with Crippen molar-refractivity contribution in [2.75, 3.05) is 5.73 Å². The highest BCUT2D eigenvalue weighted by Gasteiger charge is 1.98. The van der Waals surface area contributed by atoms with E-state index in [-0.39, 0.29) is 6.42 Å². The minimum absolute atomic E-state index is 0.232. The van der Waals surface area contributed by atoms with E-state index in [9.17, 15) is 4.79 Å².